The number of rotatable bonds is 6. The van der Waals surface area contributed by atoms with Crippen LogP contribution in [-0.4, -0.2) is 18.8 Å². The molecule has 0 saturated carbocycles. The number of aliphatic hydroxyl groups is 1. The molecular weight excluding hydrogens is 238 g/mol. The highest BCUT2D eigenvalue weighted by Gasteiger charge is 2.08. The Kier molecular flexibility index (Phi) is 4.95. The Hall–Kier alpha value is -1.84. The number of aliphatic hydroxyl groups excluding tert-OH is 1. The largest absolute Gasteiger partial charge is 0.497 e. The van der Waals surface area contributed by atoms with Gasteiger partial charge in [-0.3, -0.25) is 0 Å². The van der Waals surface area contributed by atoms with Crippen molar-refractivity contribution in [2.45, 2.75) is 12.6 Å². The molecule has 0 bridgehead atoms. The van der Waals surface area contributed by atoms with Crippen LogP contribution in [0.4, 0.5) is 0 Å². The fraction of sp³-hybridized carbons (Fsp3) is 0.250. The van der Waals surface area contributed by atoms with E-state index in [1.54, 1.807) is 7.11 Å². The van der Waals surface area contributed by atoms with Crippen molar-refractivity contribution in [2.24, 2.45) is 0 Å². The van der Waals surface area contributed by atoms with E-state index in [4.69, 9.17) is 4.74 Å². The first-order valence-corrected chi connectivity index (χ1v) is 6.35. The van der Waals surface area contributed by atoms with Crippen LogP contribution in [0.5, 0.6) is 5.75 Å². The highest BCUT2D eigenvalue weighted by molar-refractivity contribution is 5.27. The van der Waals surface area contributed by atoms with E-state index in [-0.39, 0.29) is 12.6 Å². The summed E-state index contributed by atoms with van der Waals surface area (Å²) in [5.41, 5.74) is 2.26. The molecular formula is C16H19NO2. The molecule has 0 aliphatic rings. The molecule has 19 heavy (non-hydrogen) atoms. The fourth-order valence-corrected chi connectivity index (χ4v) is 1.96. The minimum atomic E-state index is -0.0386. The molecule has 0 spiro atoms. The summed E-state index contributed by atoms with van der Waals surface area (Å²) in [7, 11) is 1.66. The molecule has 0 radical (unpaired) electrons. The molecule has 1 atom stereocenters. The summed E-state index contributed by atoms with van der Waals surface area (Å²) in [6, 6.07) is 17.8. The molecule has 3 heteroatoms. The Morgan fingerprint density at radius 1 is 1.05 bits per heavy atom. The van der Waals surface area contributed by atoms with Crippen LogP contribution in [-0.2, 0) is 6.54 Å². The average Bonchev–Trinajstić information content (AvgIpc) is 2.49. The lowest BCUT2D eigenvalue weighted by molar-refractivity contribution is 0.243. The zero-order valence-electron chi connectivity index (χ0n) is 11.0. The number of hydrogen-bond donors (Lipinski definition) is 2. The molecule has 2 N–H and O–H groups in total. The van der Waals surface area contributed by atoms with Gasteiger partial charge in [0.15, 0.2) is 0 Å². The zero-order chi connectivity index (χ0) is 13.5. The Balaban J connectivity index is 1.96. The van der Waals surface area contributed by atoms with E-state index < -0.39 is 0 Å². The van der Waals surface area contributed by atoms with E-state index in [0.717, 1.165) is 16.9 Å². The monoisotopic (exact) mass is 257 g/mol. The SMILES string of the molecule is COc1ccc(CNC(CO)c2ccccc2)cc1. The first-order valence-electron chi connectivity index (χ1n) is 6.35. The van der Waals surface area contributed by atoms with Crippen LogP contribution in [0.1, 0.15) is 17.2 Å². The molecule has 1 unspecified atom stereocenters. The minimum Gasteiger partial charge on any atom is -0.497 e. The molecule has 2 aromatic rings. The van der Waals surface area contributed by atoms with E-state index >= 15 is 0 Å². The Labute approximate surface area is 113 Å². The van der Waals surface area contributed by atoms with Gasteiger partial charge in [0.1, 0.15) is 5.75 Å². The predicted octanol–water partition coefficient (Wildman–Crippen LogP) is 2.52. The summed E-state index contributed by atoms with van der Waals surface area (Å²) in [6.45, 7) is 0.796. The van der Waals surface area contributed by atoms with E-state index in [1.165, 1.54) is 0 Å². The van der Waals surface area contributed by atoms with Gasteiger partial charge in [-0.15, -0.1) is 0 Å². The Morgan fingerprint density at radius 3 is 2.32 bits per heavy atom. The van der Waals surface area contributed by atoms with Gasteiger partial charge in [0.25, 0.3) is 0 Å². The molecule has 2 aromatic carbocycles. The second kappa shape index (κ2) is 6.92. The maximum atomic E-state index is 9.46. The molecule has 0 heterocycles. The Bertz CT molecular complexity index is 482. The maximum absolute atomic E-state index is 9.46. The number of benzene rings is 2. The summed E-state index contributed by atoms with van der Waals surface area (Å²) in [5.74, 6) is 0.852. The maximum Gasteiger partial charge on any atom is 0.118 e. The van der Waals surface area contributed by atoms with Gasteiger partial charge in [-0.25, -0.2) is 0 Å². The smallest absolute Gasteiger partial charge is 0.118 e. The molecule has 0 saturated heterocycles. The van der Waals surface area contributed by atoms with Crippen LogP contribution in [0.2, 0.25) is 0 Å². The van der Waals surface area contributed by atoms with Crippen molar-refractivity contribution in [3.63, 3.8) is 0 Å². The third-order valence-electron chi connectivity index (χ3n) is 3.10. The first-order chi connectivity index (χ1) is 9.33. The van der Waals surface area contributed by atoms with Gasteiger partial charge >= 0.3 is 0 Å². The van der Waals surface area contributed by atoms with Gasteiger partial charge in [0.2, 0.25) is 0 Å². The topological polar surface area (TPSA) is 41.5 Å². The Morgan fingerprint density at radius 2 is 1.74 bits per heavy atom. The summed E-state index contributed by atoms with van der Waals surface area (Å²) >= 11 is 0. The molecule has 100 valence electrons. The normalized spacial score (nSPS) is 12.1. The molecule has 0 fully saturated rings. The van der Waals surface area contributed by atoms with E-state index in [2.05, 4.69) is 5.32 Å². The summed E-state index contributed by atoms with van der Waals surface area (Å²) < 4.78 is 5.12. The lowest BCUT2D eigenvalue weighted by Crippen LogP contribution is -2.23. The van der Waals surface area contributed by atoms with E-state index in [0.29, 0.717) is 6.54 Å². The summed E-state index contributed by atoms with van der Waals surface area (Å²) in [5, 5.41) is 12.8. The van der Waals surface area contributed by atoms with Gasteiger partial charge in [-0.05, 0) is 23.3 Å². The summed E-state index contributed by atoms with van der Waals surface area (Å²) in [4.78, 5) is 0. The van der Waals surface area contributed by atoms with Crippen molar-refractivity contribution in [2.75, 3.05) is 13.7 Å². The second-order valence-corrected chi connectivity index (χ2v) is 4.37. The van der Waals surface area contributed by atoms with E-state index in [9.17, 15) is 5.11 Å². The lowest BCUT2D eigenvalue weighted by Gasteiger charge is -2.16. The molecule has 0 aromatic heterocycles. The van der Waals surface area contributed by atoms with Crippen molar-refractivity contribution >= 4 is 0 Å². The predicted molar refractivity (Wildman–Crippen MR) is 76.1 cm³/mol. The van der Waals surface area contributed by atoms with Crippen molar-refractivity contribution in [1.82, 2.24) is 5.32 Å². The average molecular weight is 257 g/mol. The highest BCUT2D eigenvalue weighted by Crippen LogP contribution is 2.14. The zero-order valence-corrected chi connectivity index (χ0v) is 11.0. The van der Waals surface area contributed by atoms with Gasteiger partial charge < -0.3 is 15.2 Å². The standard InChI is InChI=1S/C16H19NO2/c1-19-15-9-7-13(8-10-15)11-17-16(12-18)14-5-3-2-4-6-14/h2-10,16-18H,11-12H2,1H3. The van der Waals surface area contributed by atoms with E-state index in [1.807, 2.05) is 54.6 Å². The van der Waals surface area contributed by atoms with Crippen LogP contribution < -0.4 is 10.1 Å². The second-order valence-electron chi connectivity index (χ2n) is 4.37. The number of ether oxygens (including phenoxy) is 1. The molecule has 3 nitrogen and oxygen atoms in total. The van der Waals surface area contributed by atoms with Crippen molar-refractivity contribution in [1.29, 1.82) is 0 Å². The quantitative estimate of drug-likeness (QED) is 0.835. The molecule has 0 aliphatic carbocycles. The number of hydrogen-bond acceptors (Lipinski definition) is 3. The van der Waals surface area contributed by atoms with Gasteiger partial charge in [-0.2, -0.15) is 0 Å². The highest BCUT2D eigenvalue weighted by atomic mass is 16.5. The third kappa shape index (κ3) is 3.81. The lowest BCUT2D eigenvalue weighted by atomic mass is 10.1. The van der Waals surface area contributed by atoms with Crippen LogP contribution in [0.3, 0.4) is 0 Å². The first kappa shape index (κ1) is 13.6. The van der Waals surface area contributed by atoms with Crippen LogP contribution in [0.15, 0.2) is 54.6 Å². The van der Waals surface area contributed by atoms with Crippen molar-refractivity contribution in [3.05, 3.63) is 65.7 Å². The van der Waals surface area contributed by atoms with Crippen molar-refractivity contribution < 1.29 is 9.84 Å². The van der Waals surface area contributed by atoms with Crippen LogP contribution >= 0.6 is 0 Å². The minimum absolute atomic E-state index is 0.0386. The van der Waals surface area contributed by atoms with Gasteiger partial charge in [0, 0.05) is 6.54 Å². The molecule has 0 amide bonds. The van der Waals surface area contributed by atoms with Crippen LogP contribution in [0, 0.1) is 0 Å². The number of nitrogens with one attached hydrogen (secondary N) is 1. The van der Waals surface area contributed by atoms with Gasteiger partial charge in [-0.1, -0.05) is 42.5 Å². The number of methoxy groups -OCH3 is 1. The molecule has 0 aliphatic heterocycles. The van der Waals surface area contributed by atoms with Crippen LogP contribution in [0.25, 0.3) is 0 Å². The van der Waals surface area contributed by atoms with Gasteiger partial charge in [0.05, 0.1) is 19.8 Å². The summed E-state index contributed by atoms with van der Waals surface area (Å²) in [6.07, 6.45) is 0. The van der Waals surface area contributed by atoms with Crippen molar-refractivity contribution in [3.8, 4) is 5.75 Å². The molecule has 2 rings (SSSR count). The fourth-order valence-electron chi connectivity index (χ4n) is 1.96. The third-order valence-corrected chi connectivity index (χ3v) is 3.10.